The summed E-state index contributed by atoms with van der Waals surface area (Å²) < 4.78 is 0. The molecule has 2 nitrogen and oxygen atoms in total. The minimum absolute atomic E-state index is 0.887. The van der Waals surface area contributed by atoms with Crippen LogP contribution in [0.15, 0.2) is 48.8 Å². The summed E-state index contributed by atoms with van der Waals surface area (Å²) in [4.78, 5) is 6.92. The number of aryl methyl sites for hydroxylation is 1. The van der Waals surface area contributed by atoms with E-state index in [-0.39, 0.29) is 0 Å². The lowest BCUT2D eigenvalue weighted by Crippen LogP contribution is -2.11. The molecule has 96 valence electrons. The van der Waals surface area contributed by atoms with E-state index < -0.39 is 0 Å². The third kappa shape index (κ3) is 2.83. The van der Waals surface area contributed by atoms with Crippen molar-refractivity contribution >= 4 is 22.1 Å². The molecule has 1 aromatic carbocycles. The number of nitrogens with one attached hydrogen (secondary N) is 1. The summed E-state index contributed by atoms with van der Waals surface area (Å²) in [5.74, 6) is 0. The highest BCUT2D eigenvalue weighted by molar-refractivity contribution is 7.11. The van der Waals surface area contributed by atoms with Gasteiger partial charge in [0, 0.05) is 40.6 Å². The van der Waals surface area contributed by atoms with Crippen molar-refractivity contribution < 1.29 is 0 Å². The van der Waals surface area contributed by atoms with Gasteiger partial charge in [0.15, 0.2) is 0 Å². The first-order valence-corrected chi connectivity index (χ1v) is 7.22. The lowest BCUT2D eigenvalue weighted by molar-refractivity contribution is 0.704. The number of benzene rings is 1. The zero-order chi connectivity index (χ0) is 13.1. The second-order valence-electron chi connectivity index (χ2n) is 4.63. The van der Waals surface area contributed by atoms with E-state index in [1.54, 1.807) is 0 Å². The van der Waals surface area contributed by atoms with Gasteiger partial charge in [0.1, 0.15) is 0 Å². The monoisotopic (exact) mass is 268 g/mol. The summed E-state index contributed by atoms with van der Waals surface area (Å²) in [5, 5.41) is 6.00. The van der Waals surface area contributed by atoms with Crippen LogP contribution in [0.2, 0.25) is 0 Å². The average molecular weight is 268 g/mol. The van der Waals surface area contributed by atoms with Gasteiger partial charge in [-0.05, 0) is 36.1 Å². The molecule has 2 aromatic heterocycles. The van der Waals surface area contributed by atoms with Crippen molar-refractivity contribution in [3.8, 4) is 0 Å². The van der Waals surface area contributed by atoms with Crippen molar-refractivity contribution in [2.24, 2.45) is 0 Å². The van der Waals surface area contributed by atoms with Crippen LogP contribution in [-0.2, 0) is 13.1 Å². The van der Waals surface area contributed by atoms with E-state index in [0.717, 1.165) is 13.1 Å². The summed E-state index contributed by atoms with van der Waals surface area (Å²) in [7, 11) is 0. The first-order valence-electron chi connectivity index (χ1n) is 6.40. The standard InChI is InChI=1S/C16H16N2S/c1-12-5-6-15(19-12)11-18-10-14-4-2-3-13-9-17-8-7-16(13)14/h2-9,18H,10-11H2,1H3. The van der Waals surface area contributed by atoms with Crippen LogP contribution in [0, 0.1) is 6.92 Å². The summed E-state index contributed by atoms with van der Waals surface area (Å²) in [5.41, 5.74) is 1.33. The number of thiophene rings is 1. The van der Waals surface area contributed by atoms with E-state index >= 15 is 0 Å². The lowest BCUT2D eigenvalue weighted by atomic mass is 10.1. The molecule has 0 aliphatic carbocycles. The molecule has 2 heterocycles. The molecule has 0 unspecified atom stereocenters. The maximum Gasteiger partial charge on any atom is 0.0346 e. The van der Waals surface area contributed by atoms with E-state index in [1.807, 2.05) is 23.7 Å². The van der Waals surface area contributed by atoms with Crippen LogP contribution in [0.4, 0.5) is 0 Å². The number of hydrogen-bond donors (Lipinski definition) is 1. The van der Waals surface area contributed by atoms with E-state index in [0.29, 0.717) is 0 Å². The third-order valence-corrected chi connectivity index (χ3v) is 4.18. The molecule has 0 fully saturated rings. The van der Waals surface area contributed by atoms with E-state index in [4.69, 9.17) is 0 Å². The Labute approximate surface area is 117 Å². The van der Waals surface area contributed by atoms with Gasteiger partial charge >= 0.3 is 0 Å². The molecule has 0 saturated carbocycles. The first-order chi connectivity index (χ1) is 9.33. The van der Waals surface area contributed by atoms with Crippen LogP contribution in [-0.4, -0.2) is 4.98 Å². The van der Waals surface area contributed by atoms with E-state index in [2.05, 4.69) is 53.6 Å². The molecule has 0 radical (unpaired) electrons. The number of nitrogens with zero attached hydrogens (tertiary/aromatic N) is 1. The van der Waals surface area contributed by atoms with Crippen molar-refractivity contribution in [1.29, 1.82) is 0 Å². The number of pyridine rings is 1. The number of aromatic nitrogens is 1. The van der Waals surface area contributed by atoms with Crippen molar-refractivity contribution in [2.45, 2.75) is 20.0 Å². The second-order valence-corrected chi connectivity index (χ2v) is 6.00. The highest BCUT2D eigenvalue weighted by Crippen LogP contribution is 2.18. The van der Waals surface area contributed by atoms with Gasteiger partial charge < -0.3 is 5.32 Å². The molecular formula is C16H16N2S. The average Bonchev–Trinajstić information content (AvgIpc) is 2.85. The molecule has 0 aliphatic rings. The number of hydrogen-bond acceptors (Lipinski definition) is 3. The normalized spacial score (nSPS) is 11.0. The predicted octanol–water partition coefficient (Wildman–Crippen LogP) is 3.89. The first kappa shape index (κ1) is 12.3. The third-order valence-electron chi connectivity index (χ3n) is 3.18. The fraction of sp³-hybridized carbons (Fsp3) is 0.188. The van der Waals surface area contributed by atoms with Gasteiger partial charge in [-0.15, -0.1) is 11.3 Å². The molecule has 0 bridgehead atoms. The van der Waals surface area contributed by atoms with Crippen LogP contribution in [0.25, 0.3) is 10.8 Å². The van der Waals surface area contributed by atoms with Gasteiger partial charge in [-0.3, -0.25) is 4.98 Å². The van der Waals surface area contributed by atoms with Crippen molar-refractivity contribution in [3.63, 3.8) is 0 Å². The predicted molar refractivity (Wildman–Crippen MR) is 81.3 cm³/mol. The molecule has 19 heavy (non-hydrogen) atoms. The smallest absolute Gasteiger partial charge is 0.0346 e. The van der Waals surface area contributed by atoms with Gasteiger partial charge in [0.25, 0.3) is 0 Å². The van der Waals surface area contributed by atoms with Gasteiger partial charge in [-0.2, -0.15) is 0 Å². The Morgan fingerprint density at radius 3 is 2.89 bits per heavy atom. The van der Waals surface area contributed by atoms with Gasteiger partial charge in [0.2, 0.25) is 0 Å². The SMILES string of the molecule is Cc1ccc(CNCc2cccc3cnccc23)s1. The molecule has 3 aromatic rings. The molecule has 0 saturated heterocycles. The Morgan fingerprint density at radius 1 is 1.11 bits per heavy atom. The van der Waals surface area contributed by atoms with Crippen LogP contribution in [0.1, 0.15) is 15.3 Å². The fourth-order valence-electron chi connectivity index (χ4n) is 2.24. The second kappa shape index (κ2) is 5.51. The number of rotatable bonds is 4. The Morgan fingerprint density at radius 2 is 2.05 bits per heavy atom. The minimum atomic E-state index is 0.887. The van der Waals surface area contributed by atoms with E-state index in [9.17, 15) is 0 Å². The summed E-state index contributed by atoms with van der Waals surface area (Å²) in [6.07, 6.45) is 3.77. The van der Waals surface area contributed by atoms with Crippen molar-refractivity contribution in [2.75, 3.05) is 0 Å². The molecule has 0 amide bonds. The molecule has 1 N–H and O–H groups in total. The van der Waals surface area contributed by atoms with E-state index in [1.165, 1.54) is 26.1 Å². The molecule has 0 aliphatic heterocycles. The van der Waals surface area contributed by atoms with Crippen LogP contribution in [0.3, 0.4) is 0 Å². The molecular weight excluding hydrogens is 252 g/mol. The maximum atomic E-state index is 4.17. The Bertz CT molecular complexity index is 683. The zero-order valence-corrected chi connectivity index (χ0v) is 11.7. The molecule has 3 rings (SSSR count). The fourth-order valence-corrected chi connectivity index (χ4v) is 3.10. The molecule has 0 atom stereocenters. The highest BCUT2D eigenvalue weighted by Gasteiger charge is 2.01. The van der Waals surface area contributed by atoms with Gasteiger partial charge in [-0.25, -0.2) is 0 Å². The largest absolute Gasteiger partial charge is 0.308 e. The minimum Gasteiger partial charge on any atom is -0.308 e. The summed E-state index contributed by atoms with van der Waals surface area (Å²) >= 11 is 1.85. The van der Waals surface area contributed by atoms with Crippen LogP contribution >= 0.6 is 11.3 Å². The van der Waals surface area contributed by atoms with Crippen molar-refractivity contribution in [1.82, 2.24) is 10.3 Å². The Hall–Kier alpha value is -1.71. The topological polar surface area (TPSA) is 24.9 Å². The van der Waals surface area contributed by atoms with Gasteiger partial charge in [-0.1, -0.05) is 18.2 Å². The molecule has 0 spiro atoms. The van der Waals surface area contributed by atoms with Crippen LogP contribution < -0.4 is 5.32 Å². The zero-order valence-electron chi connectivity index (χ0n) is 10.9. The number of fused-ring (bicyclic) bond motifs is 1. The van der Waals surface area contributed by atoms with Crippen LogP contribution in [0.5, 0.6) is 0 Å². The van der Waals surface area contributed by atoms with Gasteiger partial charge in [0.05, 0.1) is 0 Å². The van der Waals surface area contributed by atoms with Crippen molar-refractivity contribution in [3.05, 3.63) is 64.1 Å². The lowest BCUT2D eigenvalue weighted by Gasteiger charge is -2.07. The Kier molecular flexibility index (Phi) is 3.58. The summed E-state index contributed by atoms with van der Waals surface area (Å²) in [6, 6.07) is 12.8. The highest BCUT2D eigenvalue weighted by atomic mass is 32.1. The maximum absolute atomic E-state index is 4.17. The molecule has 3 heteroatoms. The Balaban J connectivity index is 1.71. The quantitative estimate of drug-likeness (QED) is 0.776. The summed E-state index contributed by atoms with van der Waals surface area (Å²) in [6.45, 7) is 3.96.